The summed E-state index contributed by atoms with van der Waals surface area (Å²) in [5, 5.41) is 7.76. The molecule has 2 saturated heterocycles. The Balaban J connectivity index is 1.32. The molecule has 11 nitrogen and oxygen atoms in total. The number of carbonyl (C=O) groups excluding carboxylic acids is 2. The molecule has 29 heavy (non-hydrogen) atoms. The minimum absolute atomic E-state index is 0.144. The van der Waals surface area contributed by atoms with E-state index in [4.69, 9.17) is 4.74 Å². The van der Waals surface area contributed by atoms with E-state index in [0.717, 1.165) is 0 Å². The molecule has 2 aliphatic rings. The van der Waals surface area contributed by atoms with Crippen LogP contribution >= 0.6 is 0 Å². The van der Waals surface area contributed by atoms with Crippen LogP contribution < -0.4 is 16.6 Å². The number of aromatic amines is 4. The highest BCUT2D eigenvalue weighted by molar-refractivity contribution is 6.00. The maximum absolute atomic E-state index is 12.9. The third-order valence-electron chi connectivity index (χ3n) is 5.58. The van der Waals surface area contributed by atoms with Gasteiger partial charge in [-0.3, -0.25) is 24.6 Å². The van der Waals surface area contributed by atoms with Crippen molar-refractivity contribution in [3.8, 4) is 0 Å². The Morgan fingerprint density at radius 1 is 1.14 bits per heavy atom. The molecule has 150 valence electrons. The molecule has 5 rings (SSSR count). The number of carbonyl (C=O) groups is 2. The number of aromatic nitrogens is 4. The molecule has 2 fully saturated rings. The van der Waals surface area contributed by atoms with Gasteiger partial charge in [-0.25, -0.2) is 4.79 Å². The lowest BCUT2D eigenvalue weighted by molar-refractivity contribution is -0.120. The number of amides is 2. The molecule has 1 aromatic carbocycles. The minimum atomic E-state index is -0.427. The van der Waals surface area contributed by atoms with Crippen molar-refractivity contribution in [2.45, 2.75) is 6.10 Å². The van der Waals surface area contributed by atoms with Crippen molar-refractivity contribution in [1.82, 2.24) is 25.1 Å². The van der Waals surface area contributed by atoms with Crippen LogP contribution in [0.25, 0.3) is 11.0 Å². The van der Waals surface area contributed by atoms with Gasteiger partial charge in [0.1, 0.15) is 5.69 Å². The fourth-order valence-electron chi connectivity index (χ4n) is 4.15. The summed E-state index contributed by atoms with van der Waals surface area (Å²) in [6.07, 6.45) is -0.233. The number of H-pyrrole nitrogens is 4. The third-order valence-corrected chi connectivity index (χ3v) is 5.58. The molecule has 4 heterocycles. The van der Waals surface area contributed by atoms with Crippen molar-refractivity contribution >= 4 is 28.5 Å². The number of imidazole rings is 1. The Morgan fingerprint density at radius 2 is 2.00 bits per heavy atom. The van der Waals surface area contributed by atoms with Gasteiger partial charge in [0.15, 0.2) is 0 Å². The number of ether oxygens (including phenoxy) is 1. The van der Waals surface area contributed by atoms with Gasteiger partial charge in [0, 0.05) is 25.1 Å². The molecule has 5 N–H and O–H groups in total. The predicted molar refractivity (Wildman–Crippen MR) is 102 cm³/mol. The lowest BCUT2D eigenvalue weighted by Crippen LogP contribution is -2.34. The van der Waals surface area contributed by atoms with E-state index in [-0.39, 0.29) is 47.4 Å². The van der Waals surface area contributed by atoms with E-state index in [1.807, 2.05) is 0 Å². The topological polar surface area (TPSA) is 156 Å². The summed E-state index contributed by atoms with van der Waals surface area (Å²) < 4.78 is 5.76. The Labute approximate surface area is 162 Å². The normalized spacial score (nSPS) is 23.4. The Hall–Kier alpha value is -3.60. The fourth-order valence-corrected chi connectivity index (χ4v) is 4.15. The highest BCUT2D eigenvalue weighted by Gasteiger charge is 2.48. The van der Waals surface area contributed by atoms with Crippen molar-refractivity contribution in [2.24, 2.45) is 11.8 Å². The van der Waals surface area contributed by atoms with Crippen LogP contribution in [0.3, 0.4) is 0 Å². The smallest absolute Gasteiger partial charge is 0.323 e. The molecular formula is C18H18N6O5. The number of fused-ring (bicyclic) bond motifs is 2. The number of anilines is 1. The van der Waals surface area contributed by atoms with Gasteiger partial charge >= 0.3 is 5.69 Å². The quantitative estimate of drug-likeness (QED) is 0.406. The van der Waals surface area contributed by atoms with E-state index in [0.29, 0.717) is 29.8 Å². The highest BCUT2D eigenvalue weighted by Crippen LogP contribution is 2.35. The minimum Gasteiger partial charge on any atom is -0.375 e. The van der Waals surface area contributed by atoms with Crippen LogP contribution in [0.15, 0.2) is 33.9 Å². The van der Waals surface area contributed by atoms with Crippen LogP contribution in [-0.2, 0) is 9.53 Å². The number of benzene rings is 1. The van der Waals surface area contributed by atoms with Gasteiger partial charge in [0.2, 0.25) is 5.91 Å². The average molecular weight is 398 g/mol. The van der Waals surface area contributed by atoms with E-state index in [1.165, 1.54) is 6.07 Å². The molecule has 2 aromatic heterocycles. The van der Waals surface area contributed by atoms with Gasteiger partial charge in [-0.15, -0.1) is 0 Å². The Bertz CT molecular complexity index is 1220. The van der Waals surface area contributed by atoms with E-state index < -0.39 is 5.92 Å². The van der Waals surface area contributed by atoms with E-state index >= 15 is 0 Å². The number of nitrogens with zero attached hydrogens (tertiary/aromatic N) is 1. The van der Waals surface area contributed by atoms with Crippen LogP contribution in [0.4, 0.5) is 5.69 Å². The molecule has 0 radical (unpaired) electrons. The monoisotopic (exact) mass is 398 g/mol. The van der Waals surface area contributed by atoms with Crippen LogP contribution in [-0.4, -0.2) is 62.7 Å². The molecular weight excluding hydrogens is 380 g/mol. The number of hydrogen-bond acceptors (Lipinski definition) is 5. The standard InChI is InChI=1S/C18H18N6O5/c25-14-4-12(22-23-14)17(27)24-5-8-9(7-29-13(8)6-24)16(26)19-10-2-1-3-11-15(10)21-18(28)20-11/h1-4,8-9,13H,5-7H2,(H,19,26)(H2,20,21,28)(H2,22,23,25)/t8-,9-,13+/m0/s1. The number of rotatable bonds is 3. The summed E-state index contributed by atoms with van der Waals surface area (Å²) in [6, 6.07) is 6.40. The molecule has 0 spiro atoms. The number of likely N-dealkylation sites (tertiary alicyclic amines) is 1. The molecule has 0 bridgehead atoms. The lowest BCUT2D eigenvalue weighted by atomic mass is 9.92. The summed E-state index contributed by atoms with van der Waals surface area (Å²) in [4.78, 5) is 55.2. The van der Waals surface area contributed by atoms with Crippen molar-refractivity contribution in [2.75, 3.05) is 25.0 Å². The molecule has 2 aliphatic heterocycles. The molecule has 11 heteroatoms. The SMILES string of the molecule is O=C(Nc1cccc2[nH]c(=O)[nH]c12)[C@H]1CO[C@@H]2CN(C(=O)c3cc(=O)[nH][nH]3)C[C@@H]12. The van der Waals surface area contributed by atoms with Crippen LogP contribution in [0.2, 0.25) is 0 Å². The summed E-state index contributed by atoms with van der Waals surface area (Å²) in [6.45, 7) is 0.991. The second-order valence-electron chi connectivity index (χ2n) is 7.32. The van der Waals surface area contributed by atoms with Gasteiger partial charge in [-0.05, 0) is 12.1 Å². The highest BCUT2D eigenvalue weighted by atomic mass is 16.5. The first-order chi connectivity index (χ1) is 14.0. The fraction of sp³-hybridized carbons (Fsp3) is 0.333. The second kappa shape index (κ2) is 6.48. The van der Waals surface area contributed by atoms with Crippen molar-refractivity contribution in [1.29, 1.82) is 0 Å². The van der Waals surface area contributed by atoms with E-state index in [2.05, 4.69) is 25.5 Å². The summed E-state index contributed by atoms with van der Waals surface area (Å²) in [5.74, 6) is -1.11. The zero-order chi connectivity index (χ0) is 20.1. The first kappa shape index (κ1) is 17.5. The molecule has 0 aliphatic carbocycles. The first-order valence-corrected chi connectivity index (χ1v) is 9.20. The van der Waals surface area contributed by atoms with Crippen molar-refractivity contribution in [3.05, 3.63) is 50.8 Å². The first-order valence-electron chi connectivity index (χ1n) is 9.20. The van der Waals surface area contributed by atoms with Crippen LogP contribution in [0, 0.1) is 11.8 Å². The molecule has 3 atom stereocenters. The van der Waals surface area contributed by atoms with Crippen LogP contribution in [0.1, 0.15) is 10.5 Å². The zero-order valence-corrected chi connectivity index (χ0v) is 15.2. The molecule has 3 aromatic rings. The summed E-state index contributed by atoms with van der Waals surface area (Å²) >= 11 is 0. The number of nitrogens with one attached hydrogen (secondary N) is 5. The average Bonchev–Trinajstić information content (AvgIpc) is 3.43. The van der Waals surface area contributed by atoms with Crippen molar-refractivity contribution in [3.63, 3.8) is 0 Å². The summed E-state index contributed by atoms with van der Waals surface area (Å²) in [5.41, 5.74) is 1.09. The van der Waals surface area contributed by atoms with Gasteiger partial charge in [-0.1, -0.05) is 6.07 Å². The maximum Gasteiger partial charge on any atom is 0.323 e. The lowest BCUT2D eigenvalue weighted by Gasteiger charge is -2.19. The molecule has 0 unspecified atom stereocenters. The van der Waals surface area contributed by atoms with Gasteiger partial charge in [0.05, 0.1) is 35.3 Å². The van der Waals surface area contributed by atoms with Crippen LogP contribution in [0.5, 0.6) is 0 Å². The van der Waals surface area contributed by atoms with E-state index in [1.54, 1.807) is 23.1 Å². The predicted octanol–water partition coefficient (Wildman–Crippen LogP) is -0.402. The van der Waals surface area contributed by atoms with Gasteiger partial charge in [-0.2, -0.15) is 0 Å². The van der Waals surface area contributed by atoms with Crippen molar-refractivity contribution < 1.29 is 14.3 Å². The number of para-hydroxylation sites is 1. The van der Waals surface area contributed by atoms with Gasteiger partial charge < -0.3 is 24.9 Å². The zero-order valence-electron chi connectivity index (χ0n) is 15.2. The Morgan fingerprint density at radius 3 is 2.79 bits per heavy atom. The second-order valence-corrected chi connectivity index (χ2v) is 7.32. The van der Waals surface area contributed by atoms with E-state index in [9.17, 15) is 19.2 Å². The third kappa shape index (κ3) is 2.95. The Kier molecular flexibility index (Phi) is 3.91. The summed E-state index contributed by atoms with van der Waals surface area (Å²) in [7, 11) is 0. The molecule has 0 saturated carbocycles. The largest absolute Gasteiger partial charge is 0.375 e. The van der Waals surface area contributed by atoms with Gasteiger partial charge in [0.25, 0.3) is 11.5 Å². The number of hydrogen-bond donors (Lipinski definition) is 5. The maximum atomic E-state index is 12.9. The molecule has 2 amide bonds.